The number of nitro benzene ring substituents is 1. The van der Waals surface area contributed by atoms with Gasteiger partial charge in [-0.2, -0.15) is 0 Å². The summed E-state index contributed by atoms with van der Waals surface area (Å²) in [6, 6.07) is 3.79. The van der Waals surface area contributed by atoms with Gasteiger partial charge in [0.05, 0.1) is 10.6 Å². The van der Waals surface area contributed by atoms with Gasteiger partial charge in [-0.15, -0.1) is 0 Å². The first-order valence-electron chi connectivity index (χ1n) is 5.83. The minimum Gasteiger partial charge on any atom is -0.502 e. The van der Waals surface area contributed by atoms with Crippen LogP contribution in [0.2, 0.25) is 0 Å². The molecule has 2 rings (SSSR count). The molecule has 106 valence electrons. The predicted molar refractivity (Wildman–Crippen MR) is 73.8 cm³/mol. The van der Waals surface area contributed by atoms with Gasteiger partial charge in [0, 0.05) is 31.2 Å². The first kappa shape index (κ1) is 14.3. The van der Waals surface area contributed by atoms with Crippen molar-refractivity contribution in [3.63, 3.8) is 0 Å². The summed E-state index contributed by atoms with van der Waals surface area (Å²) in [6.07, 6.45) is 0.221. The van der Waals surface area contributed by atoms with Crippen LogP contribution in [0.15, 0.2) is 18.2 Å². The van der Waals surface area contributed by atoms with Crippen LogP contribution < -0.4 is 4.90 Å². The Morgan fingerprint density at radius 2 is 2.25 bits per heavy atom. The molecular weight excluding hydrogens is 284 g/mol. The van der Waals surface area contributed by atoms with Crippen molar-refractivity contribution in [1.82, 2.24) is 0 Å². The van der Waals surface area contributed by atoms with Gasteiger partial charge in [-0.05, 0) is 12.1 Å². The Kier molecular flexibility index (Phi) is 3.93. The van der Waals surface area contributed by atoms with Crippen molar-refractivity contribution in [3.05, 3.63) is 28.3 Å². The summed E-state index contributed by atoms with van der Waals surface area (Å²) < 4.78 is 0. The standard InChI is InChI=1S/C12H12N2O5S/c1-7(15)20-9-5-12(17)13(6-9)8-2-3-11(16)10(4-8)14(18)19/h2-4,9,16H,5-6H2,1H3. The zero-order chi connectivity index (χ0) is 14.9. The van der Waals surface area contributed by atoms with Crippen LogP contribution in [-0.2, 0) is 9.59 Å². The molecule has 1 heterocycles. The van der Waals surface area contributed by atoms with Crippen LogP contribution in [0.4, 0.5) is 11.4 Å². The number of nitrogens with zero attached hydrogens (tertiary/aromatic N) is 2. The Hall–Kier alpha value is -2.09. The van der Waals surface area contributed by atoms with Gasteiger partial charge in [-0.1, -0.05) is 11.8 Å². The normalized spacial score (nSPS) is 18.4. The van der Waals surface area contributed by atoms with Crippen LogP contribution in [0, 0.1) is 10.1 Å². The highest BCUT2D eigenvalue weighted by Gasteiger charge is 2.32. The highest BCUT2D eigenvalue weighted by atomic mass is 32.2. The summed E-state index contributed by atoms with van der Waals surface area (Å²) in [6.45, 7) is 1.76. The van der Waals surface area contributed by atoms with Crippen molar-refractivity contribution in [1.29, 1.82) is 0 Å². The van der Waals surface area contributed by atoms with Gasteiger partial charge in [0.15, 0.2) is 10.9 Å². The van der Waals surface area contributed by atoms with Crippen LogP contribution in [-0.4, -0.2) is 32.8 Å². The van der Waals surface area contributed by atoms with Gasteiger partial charge in [-0.3, -0.25) is 19.7 Å². The molecule has 7 nitrogen and oxygen atoms in total. The molecule has 1 amide bonds. The van der Waals surface area contributed by atoms with Crippen molar-refractivity contribution in [2.24, 2.45) is 0 Å². The molecule has 20 heavy (non-hydrogen) atoms. The molecule has 1 aliphatic heterocycles. The number of nitro groups is 1. The van der Waals surface area contributed by atoms with E-state index >= 15 is 0 Å². The second kappa shape index (κ2) is 5.49. The smallest absolute Gasteiger partial charge is 0.312 e. The summed E-state index contributed by atoms with van der Waals surface area (Å²) in [4.78, 5) is 34.4. The maximum absolute atomic E-state index is 11.9. The summed E-state index contributed by atoms with van der Waals surface area (Å²) in [5.74, 6) is -0.635. The maximum Gasteiger partial charge on any atom is 0.312 e. The number of amides is 1. The van der Waals surface area contributed by atoms with E-state index in [1.165, 1.54) is 24.0 Å². The number of thioether (sulfide) groups is 1. The molecule has 0 aromatic heterocycles. The number of rotatable bonds is 3. The molecule has 1 aliphatic rings. The average Bonchev–Trinajstić information content (AvgIpc) is 2.69. The van der Waals surface area contributed by atoms with Crippen molar-refractivity contribution < 1.29 is 19.6 Å². The number of hydrogen-bond donors (Lipinski definition) is 1. The van der Waals surface area contributed by atoms with Crippen LogP contribution >= 0.6 is 11.8 Å². The van der Waals surface area contributed by atoms with E-state index in [4.69, 9.17) is 0 Å². The molecule has 1 atom stereocenters. The average molecular weight is 296 g/mol. The Morgan fingerprint density at radius 1 is 1.55 bits per heavy atom. The zero-order valence-electron chi connectivity index (χ0n) is 10.6. The highest BCUT2D eigenvalue weighted by molar-refractivity contribution is 8.14. The number of anilines is 1. The van der Waals surface area contributed by atoms with Crippen molar-refractivity contribution in [2.75, 3.05) is 11.4 Å². The number of aromatic hydroxyl groups is 1. The number of phenols is 1. The molecule has 0 bridgehead atoms. The minimum absolute atomic E-state index is 0.0682. The van der Waals surface area contributed by atoms with Crippen LogP contribution in [0.25, 0.3) is 0 Å². The fourth-order valence-corrected chi connectivity index (χ4v) is 2.98. The molecule has 0 saturated carbocycles. The molecule has 1 saturated heterocycles. The Bertz CT molecular complexity index is 589. The SMILES string of the molecule is CC(=O)SC1CC(=O)N(c2ccc(O)c([N+](=O)[O-])c2)C1. The lowest BCUT2D eigenvalue weighted by Gasteiger charge is -2.16. The maximum atomic E-state index is 11.9. The number of hydrogen-bond acceptors (Lipinski definition) is 6. The Morgan fingerprint density at radius 3 is 2.85 bits per heavy atom. The second-order valence-electron chi connectivity index (χ2n) is 4.37. The summed E-state index contributed by atoms with van der Waals surface area (Å²) >= 11 is 1.09. The van der Waals surface area contributed by atoms with E-state index in [-0.39, 0.29) is 22.7 Å². The molecule has 8 heteroatoms. The van der Waals surface area contributed by atoms with E-state index in [0.717, 1.165) is 17.8 Å². The number of benzene rings is 1. The molecule has 1 aromatic rings. The molecule has 1 unspecified atom stereocenters. The number of carbonyl (C=O) groups is 2. The van der Waals surface area contributed by atoms with E-state index in [1.54, 1.807) is 0 Å². The van der Waals surface area contributed by atoms with Crippen molar-refractivity contribution in [3.8, 4) is 5.75 Å². The summed E-state index contributed by atoms with van der Waals surface area (Å²) in [5, 5.41) is 20.0. The first-order valence-corrected chi connectivity index (χ1v) is 6.71. The summed E-state index contributed by atoms with van der Waals surface area (Å²) in [5.41, 5.74) is -0.0934. The van der Waals surface area contributed by atoms with Crippen LogP contribution in [0.5, 0.6) is 5.75 Å². The Labute approximate surface area is 118 Å². The molecule has 0 aliphatic carbocycles. The molecule has 1 aromatic carbocycles. The van der Waals surface area contributed by atoms with E-state index < -0.39 is 16.4 Å². The topological polar surface area (TPSA) is 101 Å². The predicted octanol–water partition coefficient (Wildman–Crippen LogP) is 1.69. The third-order valence-electron chi connectivity index (χ3n) is 2.89. The molecule has 0 radical (unpaired) electrons. The fraction of sp³-hybridized carbons (Fsp3) is 0.333. The van der Waals surface area contributed by atoms with Crippen LogP contribution in [0.3, 0.4) is 0 Å². The largest absolute Gasteiger partial charge is 0.502 e. The number of carbonyl (C=O) groups excluding carboxylic acids is 2. The van der Waals surface area contributed by atoms with E-state index in [0.29, 0.717) is 12.2 Å². The molecule has 1 fully saturated rings. The van der Waals surface area contributed by atoms with Gasteiger partial charge in [0.25, 0.3) is 0 Å². The molecule has 1 N–H and O–H groups in total. The van der Waals surface area contributed by atoms with Crippen molar-refractivity contribution >= 4 is 34.2 Å². The minimum atomic E-state index is -0.707. The van der Waals surface area contributed by atoms with Gasteiger partial charge in [0.1, 0.15) is 0 Å². The zero-order valence-corrected chi connectivity index (χ0v) is 11.4. The number of phenolic OH excluding ortho intramolecular Hbond substituents is 1. The van der Waals surface area contributed by atoms with E-state index in [2.05, 4.69) is 0 Å². The van der Waals surface area contributed by atoms with Gasteiger partial charge in [0.2, 0.25) is 5.91 Å². The molecular formula is C12H12N2O5S. The lowest BCUT2D eigenvalue weighted by atomic mass is 10.2. The van der Waals surface area contributed by atoms with Crippen molar-refractivity contribution in [2.45, 2.75) is 18.6 Å². The lowest BCUT2D eigenvalue weighted by molar-refractivity contribution is -0.385. The van der Waals surface area contributed by atoms with Crippen LogP contribution in [0.1, 0.15) is 13.3 Å². The molecule has 0 spiro atoms. The monoisotopic (exact) mass is 296 g/mol. The van der Waals surface area contributed by atoms with E-state index in [9.17, 15) is 24.8 Å². The lowest BCUT2D eigenvalue weighted by Crippen LogP contribution is -2.24. The third kappa shape index (κ3) is 2.90. The second-order valence-corrected chi connectivity index (χ2v) is 5.85. The quantitative estimate of drug-likeness (QED) is 0.672. The summed E-state index contributed by atoms with van der Waals surface area (Å²) in [7, 11) is 0. The third-order valence-corrected chi connectivity index (χ3v) is 3.87. The van der Waals surface area contributed by atoms with Gasteiger partial charge < -0.3 is 10.0 Å². The van der Waals surface area contributed by atoms with Gasteiger partial charge in [-0.25, -0.2) is 0 Å². The highest BCUT2D eigenvalue weighted by Crippen LogP contribution is 2.34. The van der Waals surface area contributed by atoms with E-state index in [1.807, 2.05) is 0 Å². The van der Waals surface area contributed by atoms with Gasteiger partial charge >= 0.3 is 5.69 Å². The Balaban J connectivity index is 2.24. The first-order chi connectivity index (χ1) is 9.38. The fourth-order valence-electron chi connectivity index (χ4n) is 2.06.